The number of pyridine rings is 2. The lowest BCUT2D eigenvalue weighted by Gasteiger charge is -2.32. The van der Waals surface area contributed by atoms with Gasteiger partial charge in [0, 0.05) is 11.6 Å². The van der Waals surface area contributed by atoms with Gasteiger partial charge in [0.1, 0.15) is 0 Å². The minimum Gasteiger partial charge on any atom is -0.258 e. The van der Waals surface area contributed by atoms with Gasteiger partial charge in [0.25, 0.3) is 4.08 Å². The quantitative estimate of drug-likeness (QED) is 0.333. The SMILES string of the molecule is O=S(=O)(c1ccccc1)C(c1ccccn1)(c1ccc2ccccc2n1)S(=O)(=O)c1ccccc1. The first-order chi connectivity index (χ1) is 16.9. The van der Waals surface area contributed by atoms with Crippen molar-refractivity contribution in [2.75, 3.05) is 0 Å². The molecule has 35 heavy (non-hydrogen) atoms. The first kappa shape index (κ1) is 22.9. The summed E-state index contributed by atoms with van der Waals surface area (Å²) in [6.45, 7) is 0. The van der Waals surface area contributed by atoms with E-state index in [4.69, 9.17) is 0 Å². The second kappa shape index (κ2) is 8.72. The van der Waals surface area contributed by atoms with Crippen LogP contribution in [0.2, 0.25) is 0 Å². The van der Waals surface area contributed by atoms with E-state index < -0.39 is 23.8 Å². The van der Waals surface area contributed by atoms with Gasteiger partial charge in [0.05, 0.1) is 26.7 Å². The summed E-state index contributed by atoms with van der Waals surface area (Å²) in [6.07, 6.45) is 1.38. The summed E-state index contributed by atoms with van der Waals surface area (Å²) in [5, 5.41) is 0.750. The zero-order valence-electron chi connectivity index (χ0n) is 18.4. The van der Waals surface area contributed by atoms with Gasteiger partial charge in [-0.15, -0.1) is 0 Å². The van der Waals surface area contributed by atoms with E-state index in [9.17, 15) is 16.8 Å². The van der Waals surface area contributed by atoms with Crippen molar-refractivity contribution in [3.63, 3.8) is 0 Å². The molecule has 3 aromatic carbocycles. The molecule has 0 radical (unpaired) electrons. The molecule has 6 nitrogen and oxygen atoms in total. The number of rotatable bonds is 6. The Hall–Kier alpha value is -3.88. The summed E-state index contributed by atoms with van der Waals surface area (Å²) in [5.41, 5.74) is 0.162. The third-order valence-corrected chi connectivity index (χ3v) is 11.3. The fourth-order valence-corrected chi connectivity index (χ4v) is 9.16. The van der Waals surface area contributed by atoms with Crippen LogP contribution in [-0.2, 0) is 23.8 Å². The molecule has 8 heteroatoms. The van der Waals surface area contributed by atoms with Crippen LogP contribution in [0.5, 0.6) is 0 Å². The molecule has 0 aliphatic heterocycles. The van der Waals surface area contributed by atoms with E-state index in [-0.39, 0.29) is 21.2 Å². The maximum atomic E-state index is 14.6. The first-order valence-corrected chi connectivity index (χ1v) is 13.7. The van der Waals surface area contributed by atoms with Crippen molar-refractivity contribution in [2.24, 2.45) is 0 Å². The van der Waals surface area contributed by atoms with E-state index in [1.54, 1.807) is 66.7 Å². The van der Waals surface area contributed by atoms with Crippen molar-refractivity contribution in [3.8, 4) is 0 Å². The molecule has 0 saturated carbocycles. The monoisotopic (exact) mass is 500 g/mol. The summed E-state index contributed by atoms with van der Waals surface area (Å²) in [6, 6.07) is 29.9. The fourth-order valence-electron chi connectivity index (χ4n) is 4.16. The van der Waals surface area contributed by atoms with Gasteiger partial charge in [-0.1, -0.05) is 66.7 Å². The minimum absolute atomic E-state index is 0.150. The lowest BCUT2D eigenvalue weighted by Crippen LogP contribution is -2.46. The second-order valence-corrected chi connectivity index (χ2v) is 12.3. The topological polar surface area (TPSA) is 94.1 Å². The van der Waals surface area contributed by atoms with Crippen molar-refractivity contribution in [3.05, 3.63) is 133 Å². The number of fused-ring (bicyclic) bond motifs is 1. The molecule has 0 unspecified atom stereocenters. The molecule has 0 N–H and O–H groups in total. The molecule has 174 valence electrons. The van der Waals surface area contributed by atoms with Crippen molar-refractivity contribution >= 4 is 30.6 Å². The van der Waals surface area contributed by atoms with E-state index in [0.29, 0.717) is 5.52 Å². The Morgan fingerprint density at radius 1 is 0.514 bits per heavy atom. The molecule has 2 aromatic heterocycles. The molecular formula is C27H20N2O4S2. The average molecular weight is 501 g/mol. The van der Waals surface area contributed by atoms with Crippen LogP contribution in [0, 0.1) is 0 Å². The summed E-state index contributed by atoms with van der Waals surface area (Å²) in [7, 11) is -9.31. The lowest BCUT2D eigenvalue weighted by atomic mass is 10.1. The van der Waals surface area contributed by atoms with Crippen LogP contribution >= 0.6 is 0 Å². The number of hydrogen-bond acceptors (Lipinski definition) is 6. The molecule has 0 fully saturated rings. The van der Waals surface area contributed by atoms with Crippen molar-refractivity contribution in [1.82, 2.24) is 9.97 Å². The molecule has 5 aromatic rings. The van der Waals surface area contributed by atoms with Crippen molar-refractivity contribution in [1.29, 1.82) is 0 Å². The number of hydrogen-bond donors (Lipinski definition) is 0. The van der Waals surface area contributed by atoms with Gasteiger partial charge in [0.2, 0.25) is 19.7 Å². The third-order valence-electron chi connectivity index (χ3n) is 5.80. The molecule has 0 aliphatic carbocycles. The van der Waals surface area contributed by atoms with Gasteiger partial charge >= 0.3 is 0 Å². The smallest absolute Gasteiger partial charge is 0.258 e. The summed E-state index contributed by atoms with van der Waals surface area (Å²) in [4.78, 5) is 8.60. The largest absolute Gasteiger partial charge is 0.264 e. The Labute approximate surface area is 203 Å². The third kappa shape index (κ3) is 3.53. The molecular weight excluding hydrogens is 480 g/mol. The molecule has 0 saturated heterocycles. The molecule has 0 atom stereocenters. The number of nitrogens with zero attached hydrogens (tertiary/aromatic N) is 2. The van der Waals surface area contributed by atoms with E-state index >= 15 is 0 Å². The summed E-state index contributed by atoms with van der Waals surface area (Å²) in [5.74, 6) is 0. The Kier molecular flexibility index (Phi) is 5.70. The normalized spacial score (nSPS) is 12.5. The van der Waals surface area contributed by atoms with Crippen LogP contribution < -0.4 is 0 Å². The summed E-state index contributed by atoms with van der Waals surface area (Å²) < 4.78 is 55.6. The molecule has 0 amide bonds. The maximum Gasteiger partial charge on any atom is 0.264 e. The highest BCUT2D eigenvalue weighted by Crippen LogP contribution is 2.47. The number of sulfone groups is 2. The van der Waals surface area contributed by atoms with Crippen LogP contribution in [0.15, 0.2) is 131 Å². The average Bonchev–Trinajstić information content (AvgIpc) is 2.90. The van der Waals surface area contributed by atoms with Gasteiger partial charge in [0.15, 0.2) is 0 Å². The molecule has 0 aliphatic rings. The predicted octanol–water partition coefficient (Wildman–Crippen LogP) is 4.78. The minimum atomic E-state index is -4.66. The Balaban J connectivity index is 2.00. The van der Waals surface area contributed by atoms with Crippen LogP contribution in [0.3, 0.4) is 0 Å². The number of aromatic nitrogens is 2. The van der Waals surface area contributed by atoms with Crippen LogP contribution in [0.25, 0.3) is 10.9 Å². The van der Waals surface area contributed by atoms with Gasteiger partial charge in [-0.2, -0.15) is 0 Å². The zero-order chi connectivity index (χ0) is 24.5. The van der Waals surface area contributed by atoms with Gasteiger partial charge in [-0.05, 0) is 48.5 Å². The van der Waals surface area contributed by atoms with Crippen LogP contribution in [0.1, 0.15) is 11.4 Å². The number of benzene rings is 3. The zero-order valence-corrected chi connectivity index (χ0v) is 20.0. The van der Waals surface area contributed by atoms with Crippen LogP contribution in [0.4, 0.5) is 0 Å². The maximum absolute atomic E-state index is 14.6. The fraction of sp³-hybridized carbons (Fsp3) is 0.0370. The lowest BCUT2D eigenvalue weighted by molar-refractivity contribution is 0.554. The predicted molar refractivity (Wildman–Crippen MR) is 134 cm³/mol. The molecule has 5 rings (SSSR count). The van der Waals surface area contributed by atoms with Crippen molar-refractivity contribution < 1.29 is 16.8 Å². The highest BCUT2D eigenvalue weighted by molar-refractivity contribution is 8.10. The van der Waals surface area contributed by atoms with Crippen LogP contribution in [-0.4, -0.2) is 26.8 Å². The van der Waals surface area contributed by atoms with E-state index in [1.807, 2.05) is 12.1 Å². The first-order valence-electron chi connectivity index (χ1n) is 10.8. The second-order valence-electron chi connectivity index (χ2n) is 7.85. The van der Waals surface area contributed by atoms with E-state index in [2.05, 4.69) is 9.97 Å². The molecule has 0 spiro atoms. The van der Waals surface area contributed by atoms with Crippen molar-refractivity contribution in [2.45, 2.75) is 13.9 Å². The highest BCUT2D eigenvalue weighted by atomic mass is 32.3. The highest BCUT2D eigenvalue weighted by Gasteiger charge is 2.61. The molecule has 2 heterocycles. The van der Waals surface area contributed by atoms with E-state index in [1.165, 1.54) is 42.6 Å². The molecule has 0 bridgehead atoms. The van der Waals surface area contributed by atoms with Gasteiger partial charge < -0.3 is 0 Å². The Morgan fingerprint density at radius 2 is 1.06 bits per heavy atom. The summed E-state index contributed by atoms with van der Waals surface area (Å²) >= 11 is 0. The Bertz CT molecular complexity index is 1640. The van der Waals surface area contributed by atoms with E-state index in [0.717, 1.165) is 5.39 Å². The Morgan fingerprint density at radius 3 is 1.63 bits per heavy atom. The van der Waals surface area contributed by atoms with Gasteiger partial charge in [-0.3, -0.25) is 4.98 Å². The number of para-hydroxylation sites is 1. The van der Waals surface area contributed by atoms with Gasteiger partial charge in [-0.25, -0.2) is 21.8 Å². The standard InChI is InChI=1S/C27H20N2O4S2/c30-34(31,22-12-3-1-4-13-22)27(25-17-9-10-20-28-25,35(32,33)23-14-5-2-6-15-23)26-19-18-21-11-7-8-16-24(21)29-26/h1-20H.